The van der Waals surface area contributed by atoms with E-state index in [1.165, 1.54) is 17.4 Å². The Morgan fingerprint density at radius 3 is 2.61 bits per heavy atom. The number of para-hydroxylation sites is 1. The van der Waals surface area contributed by atoms with Crippen LogP contribution in [0.15, 0.2) is 58.1 Å². The molecular weight excluding hydrogens is 458 g/mol. The summed E-state index contributed by atoms with van der Waals surface area (Å²) in [5.41, 5.74) is 1.23. The van der Waals surface area contributed by atoms with E-state index in [0.29, 0.717) is 23.0 Å². The molecule has 2 heterocycles. The average Bonchev–Trinajstić information content (AvgIpc) is 3.42. The molecule has 1 fully saturated rings. The molecule has 190 valence electrons. The van der Waals surface area contributed by atoms with Gasteiger partial charge >= 0.3 is 5.69 Å². The molecule has 0 bridgehead atoms. The number of anilines is 2. The first-order valence-corrected chi connectivity index (χ1v) is 12.6. The van der Waals surface area contributed by atoms with Gasteiger partial charge in [0.25, 0.3) is 5.56 Å². The highest BCUT2D eigenvalue weighted by Gasteiger charge is 2.21. The number of H-pyrrole nitrogens is 1. The van der Waals surface area contributed by atoms with E-state index in [1.54, 1.807) is 24.3 Å². The summed E-state index contributed by atoms with van der Waals surface area (Å²) in [7, 11) is 0. The molecule has 3 aromatic rings. The normalized spacial score (nSPS) is 14.1. The third-order valence-electron chi connectivity index (χ3n) is 6.55. The van der Waals surface area contributed by atoms with Crippen LogP contribution in [0.25, 0.3) is 10.9 Å². The molecule has 0 spiro atoms. The maximum atomic E-state index is 13.1. The van der Waals surface area contributed by atoms with Crippen LogP contribution in [0.3, 0.4) is 0 Å². The van der Waals surface area contributed by atoms with Gasteiger partial charge in [-0.05, 0) is 49.6 Å². The quantitative estimate of drug-likeness (QED) is 0.403. The van der Waals surface area contributed by atoms with Gasteiger partial charge < -0.3 is 15.5 Å². The number of nitrogens with one attached hydrogen (secondary N) is 3. The number of aromatic amines is 1. The minimum Gasteiger partial charge on any atom is -0.371 e. The first-order chi connectivity index (χ1) is 17.5. The second-order valence-electron chi connectivity index (χ2n) is 9.17. The van der Waals surface area contributed by atoms with Crippen LogP contribution in [-0.2, 0) is 16.1 Å². The van der Waals surface area contributed by atoms with Crippen molar-refractivity contribution in [3.05, 3.63) is 69.4 Å². The molecule has 4 rings (SSSR count). The van der Waals surface area contributed by atoms with Crippen molar-refractivity contribution in [1.29, 1.82) is 0 Å². The number of carbonyl (C=O) groups is 2. The lowest BCUT2D eigenvalue weighted by molar-refractivity contribution is -0.126. The fraction of sp³-hybridized carbons (Fsp3) is 0.407. The maximum absolute atomic E-state index is 13.1. The van der Waals surface area contributed by atoms with Gasteiger partial charge in [-0.1, -0.05) is 38.0 Å². The van der Waals surface area contributed by atoms with E-state index in [2.05, 4.69) is 20.5 Å². The molecule has 36 heavy (non-hydrogen) atoms. The van der Waals surface area contributed by atoms with Crippen LogP contribution < -0.4 is 26.8 Å². The Bertz CT molecular complexity index is 1340. The second-order valence-corrected chi connectivity index (χ2v) is 9.17. The van der Waals surface area contributed by atoms with Gasteiger partial charge in [-0.2, -0.15) is 0 Å². The first-order valence-electron chi connectivity index (χ1n) is 12.6. The minimum absolute atomic E-state index is 0.00368. The number of hydrogen-bond acceptors (Lipinski definition) is 5. The second kappa shape index (κ2) is 11.7. The van der Waals surface area contributed by atoms with Gasteiger partial charge in [-0.15, -0.1) is 0 Å². The van der Waals surface area contributed by atoms with Gasteiger partial charge in [0.2, 0.25) is 11.8 Å². The molecule has 0 radical (unpaired) electrons. The third-order valence-corrected chi connectivity index (χ3v) is 6.55. The molecule has 0 unspecified atom stereocenters. The van der Waals surface area contributed by atoms with E-state index >= 15 is 0 Å². The number of nitrogens with zero attached hydrogens (tertiary/aromatic N) is 2. The van der Waals surface area contributed by atoms with Crippen molar-refractivity contribution in [3.8, 4) is 0 Å². The van der Waals surface area contributed by atoms with Crippen LogP contribution in [0.4, 0.5) is 11.4 Å². The van der Waals surface area contributed by atoms with Crippen LogP contribution in [0.2, 0.25) is 0 Å². The zero-order valence-corrected chi connectivity index (χ0v) is 20.6. The average molecular weight is 492 g/mol. The molecule has 9 nitrogen and oxygen atoms in total. The van der Waals surface area contributed by atoms with Gasteiger partial charge in [-0.3, -0.25) is 23.9 Å². The molecule has 0 saturated carbocycles. The fourth-order valence-corrected chi connectivity index (χ4v) is 4.61. The van der Waals surface area contributed by atoms with Crippen LogP contribution in [-0.4, -0.2) is 40.5 Å². The number of rotatable bonds is 10. The number of amides is 2. The van der Waals surface area contributed by atoms with Crippen molar-refractivity contribution in [1.82, 2.24) is 14.9 Å². The Balaban J connectivity index is 1.42. The molecule has 1 aliphatic heterocycles. The molecular formula is C27H33N5O4. The van der Waals surface area contributed by atoms with Gasteiger partial charge in [0.05, 0.1) is 10.9 Å². The van der Waals surface area contributed by atoms with Gasteiger partial charge in [0.1, 0.15) is 6.04 Å². The van der Waals surface area contributed by atoms with Gasteiger partial charge in [0, 0.05) is 37.4 Å². The summed E-state index contributed by atoms with van der Waals surface area (Å²) in [5, 5.41) is 6.18. The number of fused-ring (bicyclic) bond motifs is 1. The van der Waals surface area contributed by atoms with E-state index in [4.69, 9.17) is 0 Å². The number of benzene rings is 2. The summed E-state index contributed by atoms with van der Waals surface area (Å²) in [6, 6.07) is 13.9. The monoisotopic (exact) mass is 491 g/mol. The molecule has 1 aromatic heterocycles. The summed E-state index contributed by atoms with van der Waals surface area (Å²) >= 11 is 0. The molecule has 1 aliphatic rings. The lowest BCUT2D eigenvalue weighted by Gasteiger charge is -2.21. The summed E-state index contributed by atoms with van der Waals surface area (Å²) in [6.07, 6.45) is 4.53. The smallest absolute Gasteiger partial charge is 0.328 e. The Labute approximate surface area is 209 Å². The van der Waals surface area contributed by atoms with Gasteiger partial charge in [-0.25, -0.2) is 4.79 Å². The van der Waals surface area contributed by atoms with Crippen molar-refractivity contribution in [3.63, 3.8) is 0 Å². The molecule has 1 saturated heterocycles. The lowest BCUT2D eigenvalue weighted by Crippen LogP contribution is -2.44. The predicted molar refractivity (Wildman–Crippen MR) is 141 cm³/mol. The fourth-order valence-electron chi connectivity index (χ4n) is 4.61. The zero-order chi connectivity index (χ0) is 25.5. The molecule has 2 amide bonds. The van der Waals surface area contributed by atoms with Crippen molar-refractivity contribution in [2.75, 3.05) is 23.3 Å². The number of carbonyl (C=O) groups excluding carboxylic acids is 2. The number of hydrogen-bond donors (Lipinski definition) is 3. The van der Waals surface area contributed by atoms with Crippen molar-refractivity contribution in [2.45, 2.75) is 58.0 Å². The lowest BCUT2D eigenvalue weighted by atomic mass is 10.1. The zero-order valence-electron chi connectivity index (χ0n) is 20.6. The highest BCUT2D eigenvalue weighted by molar-refractivity contribution is 5.97. The number of aryl methyl sites for hydroxylation is 1. The molecule has 2 aromatic carbocycles. The number of aromatic nitrogens is 2. The minimum atomic E-state index is -0.683. The van der Waals surface area contributed by atoms with E-state index in [-0.39, 0.29) is 24.8 Å². The predicted octanol–water partition coefficient (Wildman–Crippen LogP) is 2.99. The largest absolute Gasteiger partial charge is 0.371 e. The standard InChI is InChI=1S/C27H33N5O4/c1-2-3-12-22(26(35)28-19-9-8-10-20(18-19)31-15-6-7-16-31)29-24(33)14-17-32-23-13-5-4-11-21(23)25(34)30-27(32)36/h4-5,8-11,13,18,22H,2-3,6-7,12,14-17H2,1H3,(H,28,35)(H,29,33)(H,30,34,36)/t22-/m1/s1. The summed E-state index contributed by atoms with van der Waals surface area (Å²) in [5.74, 6) is -0.596. The van der Waals surface area contributed by atoms with Crippen LogP contribution in [0, 0.1) is 0 Å². The Kier molecular flexibility index (Phi) is 8.20. The molecule has 1 atom stereocenters. The van der Waals surface area contributed by atoms with Crippen LogP contribution in [0.5, 0.6) is 0 Å². The van der Waals surface area contributed by atoms with E-state index in [0.717, 1.165) is 31.6 Å². The summed E-state index contributed by atoms with van der Waals surface area (Å²) < 4.78 is 1.38. The van der Waals surface area contributed by atoms with E-state index in [1.807, 2.05) is 31.2 Å². The Morgan fingerprint density at radius 2 is 1.83 bits per heavy atom. The summed E-state index contributed by atoms with van der Waals surface area (Å²) in [4.78, 5) is 54.9. The molecule has 0 aliphatic carbocycles. The molecule has 3 N–H and O–H groups in total. The maximum Gasteiger partial charge on any atom is 0.328 e. The first kappa shape index (κ1) is 25.2. The van der Waals surface area contributed by atoms with E-state index < -0.39 is 17.3 Å². The highest BCUT2D eigenvalue weighted by atomic mass is 16.2. The van der Waals surface area contributed by atoms with Crippen LogP contribution in [0.1, 0.15) is 45.4 Å². The van der Waals surface area contributed by atoms with Crippen LogP contribution >= 0.6 is 0 Å². The number of unbranched alkanes of at least 4 members (excludes halogenated alkanes) is 1. The third kappa shape index (κ3) is 6.02. The Morgan fingerprint density at radius 1 is 1.06 bits per heavy atom. The Hall–Kier alpha value is -3.88. The van der Waals surface area contributed by atoms with Gasteiger partial charge in [0.15, 0.2) is 0 Å². The van der Waals surface area contributed by atoms with E-state index in [9.17, 15) is 19.2 Å². The topological polar surface area (TPSA) is 116 Å². The van der Waals surface area contributed by atoms with Crippen molar-refractivity contribution in [2.24, 2.45) is 0 Å². The SMILES string of the molecule is CCCC[C@@H](NC(=O)CCn1c(=O)[nH]c(=O)c2ccccc21)C(=O)Nc1cccc(N2CCCC2)c1. The highest BCUT2D eigenvalue weighted by Crippen LogP contribution is 2.23. The molecule has 9 heteroatoms. The van der Waals surface area contributed by atoms with Crippen molar-refractivity contribution < 1.29 is 9.59 Å². The van der Waals surface area contributed by atoms with Crippen molar-refractivity contribution >= 4 is 34.1 Å². The summed E-state index contributed by atoms with van der Waals surface area (Å²) in [6.45, 7) is 4.15.